The largest absolute Gasteiger partial charge is 0.391 e. The van der Waals surface area contributed by atoms with Crippen molar-refractivity contribution in [3.63, 3.8) is 0 Å². The zero-order chi connectivity index (χ0) is 24.7. The van der Waals surface area contributed by atoms with Gasteiger partial charge in [-0.15, -0.1) is 0 Å². The molecule has 3 atom stereocenters. The number of aliphatic hydroxyl groups excluding tert-OH is 1. The molecular formula is C29H44N2O4. The van der Waals surface area contributed by atoms with Crippen LogP contribution < -0.4 is 0 Å². The van der Waals surface area contributed by atoms with Crippen molar-refractivity contribution in [2.75, 3.05) is 52.6 Å². The lowest BCUT2D eigenvalue weighted by molar-refractivity contribution is -0.137. The normalized spacial score (nSPS) is 29.3. The highest BCUT2D eigenvalue weighted by atomic mass is 16.5. The van der Waals surface area contributed by atoms with Gasteiger partial charge in [0.1, 0.15) is 0 Å². The molecular weight excluding hydrogens is 440 g/mol. The van der Waals surface area contributed by atoms with Gasteiger partial charge in [0.2, 0.25) is 5.91 Å². The molecule has 6 heteroatoms. The zero-order valence-electron chi connectivity index (χ0n) is 21.7. The number of hydrogen-bond donors (Lipinski definition) is 1. The monoisotopic (exact) mass is 484 g/mol. The molecule has 0 spiro atoms. The average Bonchev–Trinajstić information content (AvgIpc) is 2.86. The Morgan fingerprint density at radius 3 is 2.63 bits per heavy atom. The molecule has 0 aromatic heterocycles. The predicted molar refractivity (Wildman–Crippen MR) is 138 cm³/mol. The predicted octanol–water partition coefficient (Wildman–Crippen LogP) is 3.89. The van der Waals surface area contributed by atoms with Crippen LogP contribution in [-0.4, -0.2) is 79.5 Å². The van der Waals surface area contributed by atoms with E-state index in [2.05, 4.69) is 23.1 Å². The van der Waals surface area contributed by atoms with Crippen molar-refractivity contribution in [3.8, 4) is 0 Å². The third kappa shape index (κ3) is 7.63. The molecule has 3 heterocycles. The van der Waals surface area contributed by atoms with Gasteiger partial charge in [-0.3, -0.25) is 9.69 Å². The number of likely N-dealkylation sites (tertiary alicyclic amines) is 1. The third-order valence-corrected chi connectivity index (χ3v) is 8.02. The number of ether oxygens (including phenoxy) is 2. The summed E-state index contributed by atoms with van der Waals surface area (Å²) < 4.78 is 11.7. The van der Waals surface area contributed by atoms with E-state index in [0.29, 0.717) is 44.6 Å². The van der Waals surface area contributed by atoms with Crippen LogP contribution in [0.1, 0.15) is 51.5 Å². The number of carbonyl (C=O) groups is 1. The van der Waals surface area contributed by atoms with Crippen LogP contribution in [0.3, 0.4) is 0 Å². The van der Waals surface area contributed by atoms with E-state index in [1.54, 1.807) is 0 Å². The Morgan fingerprint density at radius 1 is 1.03 bits per heavy atom. The molecule has 194 valence electrons. The standard InChI is InChI=1S/C29H44N2O4/c1-29(2)22-35-15-7-11-26-19-30(17-24-10-6-14-34-21-24)13-12-25(26)16-28(33)31(20-27(29)32)18-23-8-4-3-5-9-23/h3-5,8-10,25-27,32H,6-7,11-22H2,1-2H3/t25-,26-,27-/m0/s1. The third-order valence-electron chi connectivity index (χ3n) is 8.02. The summed E-state index contributed by atoms with van der Waals surface area (Å²) in [5.41, 5.74) is 2.08. The van der Waals surface area contributed by atoms with Crippen LogP contribution in [-0.2, 0) is 20.8 Å². The van der Waals surface area contributed by atoms with E-state index < -0.39 is 11.5 Å². The highest BCUT2D eigenvalue weighted by molar-refractivity contribution is 5.76. The smallest absolute Gasteiger partial charge is 0.223 e. The van der Waals surface area contributed by atoms with Crippen molar-refractivity contribution in [2.45, 2.75) is 58.6 Å². The van der Waals surface area contributed by atoms with Gasteiger partial charge in [-0.2, -0.15) is 0 Å². The minimum absolute atomic E-state index is 0.163. The second-order valence-corrected chi connectivity index (χ2v) is 11.4. The highest BCUT2D eigenvalue weighted by Crippen LogP contribution is 2.32. The molecule has 0 aliphatic carbocycles. The van der Waals surface area contributed by atoms with Crippen LogP contribution in [0.4, 0.5) is 0 Å². The first-order valence-corrected chi connectivity index (χ1v) is 13.5. The van der Waals surface area contributed by atoms with Crippen molar-refractivity contribution in [1.82, 2.24) is 9.80 Å². The second-order valence-electron chi connectivity index (χ2n) is 11.4. The number of β-amino-alcohol motifs (C(OH)–C–C–N with tert-alkyl or cyclic N) is 1. The molecule has 3 aliphatic rings. The molecule has 1 amide bonds. The van der Waals surface area contributed by atoms with Crippen LogP contribution in [0.2, 0.25) is 0 Å². The van der Waals surface area contributed by atoms with Gasteiger partial charge in [0, 0.05) is 44.6 Å². The van der Waals surface area contributed by atoms with Gasteiger partial charge in [-0.1, -0.05) is 50.3 Å². The van der Waals surface area contributed by atoms with E-state index in [1.807, 2.05) is 36.9 Å². The lowest BCUT2D eigenvalue weighted by Crippen LogP contribution is -2.46. The van der Waals surface area contributed by atoms with E-state index in [0.717, 1.165) is 64.1 Å². The molecule has 2 fully saturated rings. The summed E-state index contributed by atoms with van der Waals surface area (Å²) in [4.78, 5) is 18.1. The van der Waals surface area contributed by atoms with E-state index in [4.69, 9.17) is 9.47 Å². The average molecular weight is 485 g/mol. The summed E-state index contributed by atoms with van der Waals surface area (Å²) in [6, 6.07) is 10.1. The minimum atomic E-state index is -0.639. The Morgan fingerprint density at radius 2 is 1.86 bits per heavy atom. The molecule has 1 aromatic rings. The molecule has 0 radical (unpaired) electrons. The highest BCUT2D eigenvalue weighted by Gasteiger charge is 2.35. The van der Waals surface area contributed by atoms with Crippen LogP contribution >= 0.6 is 0 Å². The van der Waals surface area contributed by atoms with Crippen LogP contribution in [0.15, 0.2) is 42.0 Å². The Hall–Kier alpha value is -1.73. The van der Waals surface area contributed by atoms with Crippen molar-refractivity contribution in [2.24, 2.45) is 17.3 Å². The summed E-state index contributed by atoms with van der Waals surface area (Å²) in [7, 11) is 0. The lowest BCUT2D eigenvalue weighted by atomic mass is 9.80. The first kappa shape index (κ1) is 26.3. The Kier molecular flexibility index (Phi) is 9.40. The molecule has 35 heavy (non-hydrogen) atoms. The molecule has 0 bridgehead atoms. The van der Waals surface area contributed by atoms with Crippen molar-refractivity contribution in [3.05, 3.63) is 47.5 Å². The van der Waals surface area contributed by atoms with Crippen LogP contribution in [0.25, 0.3) is 0 Å². The number of benzene rings is 1. The maximum absolute atomic E-state index is 13.7. The molecule has 1 aromatic carbocycles. The van der Waals surface area contributed by atoms with Gasteiger partial charge in [-0.25, -0.2) is 0 Å². The quantitative estimate of drug-likeness (QED) is 0.657. The van der Waals surface area contributed by atoms with Crippen molar-refractivity contribution >= 4 is 5.91 Å². The number of rotatable bonds is 4. The second kappa shape index (κ2) is 12.5. The summed E-state index contributed by atoms with van der Waals surface area (Å²) in [5, 5.41) is 11.1. The number of fused-ring (bicyclic) bond motifs is 1. The minimum Gasteiger partial charge on any atom is -0.391 e. The van der Waals surface area contributed by atoms with Gasteiger partial charge in [0.25, 0.3) is 0 Å². The van der Waals surface area contributed by atoms with E-state index in [-0.39, 0.29) is 5.91 Å². The topological polar surface area (TPSA) is 62.2 Å². The molecule has 4 rings (SSSR count). The fourth-order valence-corrected chi connectivity index (χ4v) is 5.65. The molecule has 3 aliphatic heterocycles. The van der Waals surface area contributed by atoms with Crippen LogP contribution in [0, 0.1) is 17.3 Å². The molecule has 1 N–H and O–H groups in total. The first-order chi connectivity index (χ1) is 16.9. The lowest BCUT2D eigenvalue weighted by Gasteiger charge is -2.40. The fourth-order valence-electron chi connectivity index (χ4n) is 5.65. The number of aliphatic hydroxyl groups is 1. The Labute approximate surface area is 211 Å². The van der Waals surface area contributed by atoms with Gasteiger partial charge in [0.05, 0.1) is 25.9 Å². The SMILES string of the molecule is CC1(C)COCCC[C@H]2CN(CC3=CCCOC3)CC[C@H]2CC(=O)N(Cc2ccccc2)C[C@@H]1O. The summed E-state index contributed by atoms with van der Waals surface area (Å²) in [6.45, 7) is 10.8. The number of amides is 1. The number of carbonyl (C=O) groups excluding carboxylic acids is 1. The molecule has 2 saturated heterocycles. The Balaban J connectivity index is 1.48. The fraction of sp³-hybridized carbons (Fsp3) is 0.690. The molecule has 0 saturated carbocycles. The molecule has 0 unspecified atom stereocenters. The van der Waals surface area contributed by atoms with Crippen molar-refractivity contribution < 1.29 is 19.4 Å². The Bertz CT molecular complexity index is 840. The maximum atomic E-state index is 13.7. The van der Waals surface area contributed by atoms with E-state index in [1.165, 1.54) is 5.57 Å². The number of piperidine rings is 1. The molecule has 6 nitrogen and oxygen atoms in total. The number of nitrogens with zero attached hydrogens (tertiary/aromatic N) is 2. The van der Waals surface area contributed by atoms with Gasteiger partial charge < -0.3 is 19.5 Å². The first-order valence-electron chi connectivity index (χ1n) is 13.5. The van der Waals surface area contributed by atoms with Crippen LogP contribution in [0.5, 0.6) is 0 Å². The summed E-state index contributed by atoms with van der Waals surface area (Å²) in [6.07, 6.45) is 6.39. The van der Waals surface area contributed by atoms with Gasteiger partial charge >= 0.3 is 0 Å². The van der Waals surface area contributed by atoms with Gasteiger partial charge in [-0.05, 0) is 55.2 Å². The summed E-state index contributed by atoms with van der Waals surface area (Å²) >= 11 is 0. The number of hydrogen-bond acceptors (Lipinski definition) is 5. The maximum Gasteiger partial charge on any atom is 0.223 e. The zero-order valence-corrected chi connectivity index (χ0v) is 21.7. The van der Waals surface area contributed by atoms with E-state index >= 15 is 0 Å². The summed E-state index contributed by atoms with van der Waals surface area (Å²) in [5.74, 6) is 1.02. The van der Waals surface area contributed by atoms with Crippen molar-refractivity contribution in [1.29, 1.82) is 0 Å². The van der Waals surface area contributed by atoms with Gasteiger partial charge in [0.15, 0.2) is 0 Å². The van der Waals surface area contributed by atoms with E-state index in [9.17, 15) is 9.90 Å².